The number of carboxylic acid groups (broad SMARTS) is 1. The molecule has 2 aromatic rings. The highest BCUT2D eigenvalue weighted by atomic mass is 16.4. The summed E-state index contributed by atoms with van der Waals surface area (Å²) >= 11 is 0. The highest BCUT2D eigenvalue weighted by Gasteiger charge is 2.14. The largest absolute Gasteiger partial charge is 0.478 e. The van der Waals surface area contributed by atoms with E-state index in [4.69, 9.17) is 10.2 Å². The van der Waals surface area contributed by atoms with Gasteiger partial charge in [0.15, 0.2) is 0 Å². The van der Waals surface area contributed by atoms with Crippen molar-refractivity contribution in [2.24, 2.45) is 5.92 Å². The lowest BCUT2D eigenvalue weighted by Crippen LogP contribution is -2.27. The van der Waals surface area contributed by atoms with Gasteiger partial charge in [0, 0.05) is 18.0 Å². The molecule has 5 heteroatoms. The van der Waals surface area contributed by atoms with Gasteiger partial charge in [-0.15, -0.1) is 0 Å². The zero-order valence-corrected chi connectivity index (χ0v) is 12.2. The standard InChI is InChI=1S/C16H20N2O3/c1-10(2)13(8-9-19)17-15-7-6-11-12(16(20)21)4-3-5-14(11)18-15/h3-7,10,13,19H,8-9H2,1-2H3,(H,17,18)(H,20,21). The second-order valence-electron chi connectivity index (χ2n) is 5.38. The number of carboxylic acids is 1. The van der Waals surface area contributed by atoms with Gasteiger partial charge in [0.1, 0.15) is 5.82 Å². The fraction of sp³-hybridized carbons (Fsp3) is 0.375. The molecule has 1 heterocycles. The molecular weight excluding hydrogens is 268 g/mol. The van der Waals surface area contributed by atoms with Crippen LogP contribution < -0.4 is 5.32 Å². The third-order valence-electron chi connectivity index (χ3n) is 3.54. The summed E-state index contributed by atoms with van der Waals surface area (Å²) in [6.45, 7) is 4.28. The Morgan fingerprint density at radius 3 is 2.67 bits per heavy atom. The average molecular weight is 288 g/mol. The molecule has 0 radical (unpaired) electrons. The first kappa shape index (κ1) is 15.3. The lowest BCUT2D eigenvalue weighted by atomic mass is 10.0. The number of aromatic nitrogens is 1. The molecule has 0 fully saturated rings. The van der Waals surface area contributed by atoms with Gasteiger partial charge in [-0.25, -0.2) is 9.78 Å². The quantitative estimate of drug-likeness (QED) is 0.761. The molecule has 2 rings (SSSR count). The number of fused-ring (bicyclic) bond motifs is 1. The van der Waals surface area contributed by atoms with Crippen LogP contribution in [0.2, 0.25) is 0 Å². The van der Waals surface area contributed by atoms with Crippen LogP contribution in [0.5, 0.6) is 0 Å². The van der Waals surface area contributed by atoms with Gasteiger partial charge in [0.05, 0.1) is 11.1 Å². The van der Waals surface area contributed by atoms with Crippen molar-refractivity contribution in [3.05, 3.63) is 35.9 Å². The number of hydrogen-bond donors (Lipinski definition) is 3. The Hall–Kier alpha value is -2.14. The van der Waals surface area contributed by atoms with Gasteiger partial charge in [-0.3, -0.25) is 0 Å². The van der Waals surface area contributed by atoms with Crippen LogP contribution in [0.15, 0.2) is 30.3 Å². The molecule has 0 saturated heterocycles. The molecule has 3 N–H and O–H groups in total. The first-order valence-electron chi connectivity index (χ1n) is 7.03. The highest BCUT2D eigenvalue weighted by molar-refractivity contribution is 6.02. The van der Waals surface area contributed by atoms with Crippen molar-refractivity contribution >= 4 is 22.7 Å². The van der Waals surface area contributed by atoms with Gasteiger partial charge >= 0.3 is 5.97 Å². The van der Waals surface area contributed by atoms with Crippen LogP contribution in [0.1, 0.15) is 30.6 Å². The number of hydrogen-bond acceptors (Lipinski definition) is 4. The van der Waals surface area contributed by atoms with Crippen LogP contribution in [0.4, 0.5) is 5.82 Å². The maximum atomic E-state index is 11.2. The second-order valence-corrected chi connectivity index (χ2v) is 5.38. The van der Waals surface area contributed by atoms with E-state index in [1.807, 2.05) is 0 Å². The minimum absolute atomic E-state index is 0.118. The molecule has 0 aliphatic carbocycles. The number of rotatable bonds is 6. The molecule has 1 unspecified atom stereocenters. The number of aliphatic hydroxyl groups is 1. The SMILES string of the molecule is CC(C)C(CCO)Nc1ccc2c(C(=O)O)cccc2n1. The first-order valence-corrected chi connectivity index (χ1v) is 7.03. The van der Waals surface area contributed by atoms with Crippen molar-refractivity contribution in [3.8, 4) is 0 Å². The molecular formula is C16H20N2O3. The highest BCUT2D eigenvalue weighted by Crippen LogP contribution is 2.21. The number of aliphatic hydroxyl groups excluding tert-OH is 1. The smallest absolute Gasteiger partial charge is 0.336 e. The van der Waals surface area contributed by atoms with Gasteiger partial charge in [0.25, 0.3) is 0 Å². The molecule has 0 saturated carbocycles. The van der Waals surface area contributed by atoms with Crippen LogP contribution in [0.3, 0.4) is 0 Å². The number of benzene rings is 1. The fourth-order valence-electron chi connectivity index (χ4n) is 2.32. The average Bonchev–Trinajstić information content (AvgIpc) is 2.45. The Balaban J connectivity index is 2.33. The van der Waals surface area contributed by atoms with Crippen LogP contribution in [-0.4, -0.2) is 33.8 Å². The van der Waals surface area contributed by atoms with Crippen LogP contribution >= 0.6 is 0 Å². The van der Waals surface area contributed by atoms with Crippen LogP contribution in [0.25, 0.3) is 10.9 Å². The topological polar surface area (TPSA) is 82.5 Å². The predicted molar refractivity (Wildman–Crippen MR) is 82.7 cm³/mol. The summed E-state index contributed by atoms with van der Waals surface area (Å²) < 4.78 is 0. The molecule has 5 nitrogen and oxygen atoms in total. The number of nitrogens with one attached hydrogen (secondary N) is 1. The molecule has 21 heavy (non-hydrogen) atoms. The second kappa shape index (κ2) is 6.54. The minimum atomic E-state index is -0.955. The molecule has 1 atom stereocenters. The van der Waals surface area contributed by atoms with Crippen molar-refractivity contribution in [2.75, 3.05) is 11.9 Å². The van der Waals surface area contributed by atoms with Crippen molar-refractivity contribution < 1.29 is 15.0 Å². The van der Waals surface area contributed by atoms with Crippen molar-refractivity contribution in [2.45, 2.75) is 26.3 Å². The lowest BCUT2D eigenvalue weighted by Gasteiger charge is -2.22. The number of carbonyl (C=O) groups is 1. The normalized spacial score (nSPS) is 12.6. The van der Waals surface area contributed by atoms with Gasteiger partial charge in [0.2, 0.25) is 0 Å². The van der Waals surface area contributed by atoms with Crippen LogP contribution in [-0.2, 0) is 0 Å². The molecule has 0 aliphatic heterocycles. The molecule has 112 valence electrons. The van der Waals surface area contributed by atoms with E-state index in [1.54, 1.807) is 30.3 Å². The molecule has 0 bridgehead atoms. The van der Waals surface area contributed by atoms with E-state index < -0.39 is 5.97 Å². The zero-order chi connectivity index (χ0) is 15.4. The minimum Gasteiger partial charge on any atom is -0.478 e. The van der Waals surface area contributed by atoms with Gasteiger partial charge in [-0.1, -0.05) is 19.9 Å². The summed E-state index contributed by atoms with van der Waals surface area (Å²) in [5.41, 5.74) is 0.897. The molecule has 1 aromatic heterocycles. The van der Waals surface area contributed by atoms with Gasteiger partial charge in [-0.05, 0) is 36.6 Å². The third-order valence-corrected chi connectivity index (χ3v) is 3.54. The summed E-state index contributed by atoms with van der Waals surface area (Å²) in [7, 11) is 0. The van der Waals surface area contributed by atoms with E-state index in [0.29, 0.717) is 29.1 Å². The maximum Gasteiger partial charge on any atom is 0.336 e. The summed E-state index contributed by atoms with van der Waals surface area (Å²) in [6.07, 6.45) is 0.645. The summed E-state index contributed by atoms with van der Waals surface area (Å²) in [5.74, 6) is 0.0978. The van der Waals surface area contributed by atoms with Crippen molar-refractivity contribution in [3.63, 3.8) is 0 Å². The summed E-state index contributed by atoms with van der Waals surface area (Å²) in [6, 6.07) is 8.73. The van der Waals surface area contributed by atoms with Crippen LogP contribution in [0, 0.1) is 5.92 Å². The third kappa shape index (κ3) is 3.49. The zero-order valence-electron chi connectivity index (χ0n) is 12.2. The Labute approximate surface area is 123 Å². The number of aromatic carboxylic acids is 1. The lowest BCUT2D eigenvalue weighted by molar-refractivity contribution is 0.0699. The number of pyridine rings is 1. The molecule has 1 aromatic carbocycles. The fourth-order valence-corrected chi connectivity index (χ4v) is 2.32. The maximum absolute atomic E-state index is 11.2. The summed E-state index contributed by atoms with van der Waals surface area (Å²) in [4.78, 5) is 15.6. The van der Waals surface area contributed by atoms with E-state index in [0.717, 1.165) is 0 Å². The van der Waals surface area contributed by atoms with E-state index >= 15 is 0 Å². The van der Waals surface area contributed by atoms with Gasteiger partial charge in [-0.2, -0.15) is 0 Å². The van der Waals surface area contributed by atoms with Gasteiger partial charge < -0.3 is 15.5 Å². The number of anilines is 1. The van der Waals surface area contributed by atoms with E-state index in [1.165, 1.54) is 0 Å². The monoisotopic (exact) mass is 288 g/mol. The van der Waals surface area contributed by atoms with E-state index in [2.05, 4.69) is 24.1 Å². The Bertz CT molecular complexity index is 640. The van der Waals surface area contributed by atoms with Crippen molar-refractivity contribution in [1.82, 2.24) is 4.98 Å². The molecule has 0 spiro atoms. The Morgan fingerprint density at radius 2 is 2.05 bits per heavy atom. The van der Waals surface area contributed by atoms with E-state index in [-0.39, 0.29) is 18.2 Å². The Morgan fingerprint density at radius 1 is 1.29 bits per heavy atom. The first-order chi connectivity index (χ1) is 10.0. The predicted octanol–water partition coefficient (Wildman–Crippen LogP) is 2.75. The Kier molecular flexibility index (Phi) is 4.75. The van der Waals surface area contributed by atoms with E-state index in [9.17, 15) is 4.79 Å². The summed E-state index contributed by atoms with van der Waals surface area (Å²) in [5, 5.41) is 22.2. The number of nitrogens with zero attached hydrogens (tertiary/aromatic N) is 1. The molecule has 0 aliphatic rings. The molecule has 0 amide bonds. The van der Waals surface area contributed by atoms with Crippen molar-refractivity contribution in [1.29, 1.82) is 0 Å².